The van der Waals surface area contributed by atoms with Gasteiger partial charge < -0.3 is 0 Å². The second-order valence-electron chi connectivity index (χ2n) is 4.59. The number of alkyl halides is 3. The van der Waals surface area contributed by atoms with Crippen LogP contribution in [-0.4, -0.2) is 11.3 Å². The number of ketones is 1. The zero-order chi connectivity index (χ0) is 15.5. The van der Waals surface area contributed by atoms with Gasteiger partial charge in [0, 0.05) is 16.9 Å². The minimum Gasteiger partial charge on any atom is -0.289 e. The summed E-state index contributed by atoms with van der Waals surface area (Å²) in [7, 11) is 0. The third kappa shape index (κ3) is 4.36. The maximum atomic E-state index is 12.4. The molecule has 0 aliphatic carbocycles. The van der Waals surface area contributed by atoms with E-state index >= 15 is 0 Å². The Balaban J connectivity index is 2.27. The van der Waals surface area contributed by atoms with Crippen molar-refractivity contribution >= 4 is 17.5 Å². The Morgan fingerprint density at radius 3 is 2.29 bits per heavy atom. The number of carbonyl (C=O) groups excluding carboxylic acids is 1. The van der Waals surface area contributed by atoms with E-state index in [-0.39, 0.29) is 23.3 Å². The number of hydrogen-bond donors (Lipinski definition) is 0. The van der Waals surface area contributed by atoms with Gasteiger partial charge in [-0.15, -0.1) is 0 Å². The fourth-order valence-electron chi connectivity index (χ4n) is 1.89. The second-order valence-corrected chi connectivity index (χ2v) is 5.63. The molecule has 0 spiro atoms. The summed E-state index contributed by atoms with van der Waals surface area (Å²) < 4.78 is 37.0. The molecule has 0 aliphatic heterocycles. The predicted molar refractivity (Wildman–Crippen MR) is 78.4 cm³/mol. The highest BCUT2D eigenvalue weighted by molar-refractivity contribution is 7.99. The first-order valence-corrected chi connectivity index (χ1v) is 7.25. The normalized spacial score (nSPS) is 11.4. The molecule has 0 atom stereocenters. The first-order valence-electron chi connectivity index (χ1n) is 6.27. The van der Waals surface area contributed by atoms with Crippen molar-refractivity contribution in [2.75, 3.05) is 0 Å². The molecule has 0 saturated heterocycles. The van der Waals surface area contributed by atoms with Crippen LogP contribution in [-0.2, 0) is 5.75 Å². The van der Waals surface area contributed by atoms with Crippen molar-refractivity contribution in [1.82, 2.24) is 0 Å². The Kier molecular flexibility index (Phi) is 4.73. The second kappa shape index (κ2) is 6.35. The highest BCUT2D eigenvalue weighted by Gasteiger charge is 2.28. The summed E-state index contributed by atoms with van der Waals surface area (Å²) in [5.41, 5.74) is -2.10. The summed E-state index contributed by atoms with van der Waals surface area (Å²) in [6.45, 7) is 1.90. The van der Waals surface area contributed by atoms with Crippen LogP contribution in [0.1, 0.15) is 27.0 Å². The van der Waals surface area contributed by atoms with Crippen molar-refractivity contribution < 1.29 is 18.0 Å². The van der Waals surface area contributed by atoms with Crippen molar-refractivity contribution in [3.05, 3.63) is 70.8 Å². The molecule has 2 aromatic rings. The molecule has 0 N–H and O–H groups in total. The number of hydrogen-bond acceptors (Lipinski definition) is 2. The van der Waals surface area contributed by atoms with E-state index in [0.29, 0.717) is 16.7 Å². The van der Waals surface area contributed by atoms with Crippen LogP contribution in [0.5, 0.6) is 0 Å². The fraction of sp³-hybridized carbons (Fsp3) is 0.188. The molecular weight excluding hydrogens is 297 g/mol. The summed E-state index contributed by atoms with van der Waals surface area (Å²) in [6, 6.07) is 13.4. The lowest BCUT2D eigenvalue weighted by atomic mass is 9.98. The van der Waals surface area contributed by atoms with Crippen LogP contribution in [0.25, 0.3) is 0 Å². The molecular formula is C16H13F3OS. The van der Waals surface area contributed by atoms with Gasteiger partial charge in [-0.3, -0.25) is 4.79 Å². The summed E-state index contributed by atoms with van der Waals surface area (Å²) in [4.78, 5) is 12.4. The topological polar surface area (TPSA) is 17.1 Å². The van der Waals surface area contributed by atoms with Gasteiger partial charge in [0.1, 0.15) is 0 Å². The lowest BCUT2D eigenvalue weighted by Crippen LogP contribution is -2.07. The van der Waals surface area contributed by atoms with Crippen LogP contribution in [0.3, 0.4) is 0 Å². The van der Waals surface area contributed by atoms with E-state index in [4.69, 9.17) is 0 Å². The largest absolute Gasteiger partial charge is 0.442 e. The summed E-state index contributed by atoms with van der Waals surface area (Å²) in [5, 5.41) is 0. The average molecular weight is 310 g/mol. The number of aryl methyl sites for hydroxylation is 1. The maximum Gasteiger partial charge on any atom is 0.442 e. The van der Waals surface area contributed by atoms with E-state index in [9.17, 15) is 18.0 Å². The van der Waals surface area contributed by atoms with Gasteiger partial charge in [-0.1, -0.05) is 54.1 Å². The fourth-order valence-corrected chi connectivity index (χ4v) is 2.46. The molecule has 110 valence electrons. The SMILES string of the molecule is Cc1ccc(C(=O)c2ccccc2CSC(F)(F)F)cc1. The molecule has 0 unspecified atom stereocenters. The van der Waals surface area contributed by atoms with E-state index in [1.807, 2.05) is 6.92 Å². The molecule has 0 fully saturated rings. The van der Waals surface area contributed by atoms with Crippen molar-refractivity contribution in [2.24, 2.45) is 0 Å². The standard InChI is InChI=1S/C16H13F3OS/c1-11-6-8-12(9-7-11)15(20)14-5-3-2-4-13(14)10-21-16(17,18)19/h2-9H,10H2,1H3. The van der Waals surface area contributed by atoms with E-state index in [1.165, 1.54) is 0 Å². The van der Waals surface area contributed by atoms with Crippen LogP contribution < -0.4 is 0 Å². The number of halogens is 3. The lowest BCUT2D eigenvalue weighted by Gasteiger charge is -2.10. The quantitative estimate of drug-likeness (QED) is 0.741. The van der Waals surface area contributed by atoms with Crippen molar-refractivity contribution in [3.63, 3.8) is 0 Å². The van der Waals surface area contributed by atoms with Crippen molar-refractivity contribution in [3.8, 4) is 0 Å². The smallest absolute Gasteiger partial charge is 0.289 e. The minimum absolute atomic E-state index is 0.136. The van der Waals surface area contributed by atoms with E-state index < -0.39 is 5.51 Å². The summed E-state index contributed by atoms with van der Waals surface area (Å²) in [6.07, 6.45) is 0. The molecule has 21 heavy (non-hydrogen) atoms. The lowest BCUT2D eigenvalue weighted by molar-refractivity contribution is -0.0329. The summed E-state index contributed by atoms with van der Waals surface area (Å²) >= 11 is -0.136. The Morgan fingerprint density at radius 1 is 1.05 bits per heavy atom. The third-order valence-corrected chi connectivity index (χ3v) is 3.75. The first-order chi connectivity index (χ1) is 9.87. The van der Waals surface area contributed by atoms with Gasteiger partial charge in [-0.05, 0) is 24.2 Å². The Hall–Kier alpha value is -1.75. The molecule has 0 bridgehead atoms. The molecule has 0 amide bonds. The van der Waals surface area contributed by atoms with Crippen molar-refractivity contribution in [2.45, 2.75) is 18.2 Å². The van der Waals surface area contributed by atoms with Crippen LogP contribution in [0.15, 0.2) is 48.5 Å². The number of thioether (sulfide) groups is 1. The number of benzene rings is 2. The summed E-state index contributed by atoms with van der Waals surface area (Å²) in [5.74, 6) is -0.523. The first kappa shape index (κ1) is 15.6. The Bertz CT molecular complexity index is 633. The van der Waals surface area contributed by atoms with Crippen LogP contribution in [0.2, 0.25) is 0 Å². The van der Waals surface area contributed by atoms with E-state index in [1.54, 1.807) is 48.5 Å². The molecule has 2 rings (SSSR count). The van der Waals surface area contributed by atoms with Gasteiger partial charge in [0.2, 0.25) is 0 Å². The number of rotatable bonds is 4. The van der Waals surface area contributed by atoms with Gasteiger partial charge in [-0.2, -0.15) is 13.2 Å². The van der Waals surface area contributed by atoms with Gasteiger partial charge >= 0.3 is 5.51 Å². The molecule has 0 aliphatic rings. The molecule has 2 aromatic carbocycles. The minimum atomic E-state index is -4.31. The molecule has 0 heterocycles. The van der Waals surface area contributed by atoms with Gasteiger partial charge in [0.15, 0.2) is 5.78 Å². The highest BCUT2D eigenvalue weighted by atomic mass is 32.2. The Morgan fingerprint density at radius 2 is 1.67 bits per heavy atom. The molecule has 0 radical (unpaired) electrons. The Labute approximate surface area is 125 Å². The monoisotopic (exact) mass is 310 g/mol. The number of carbonyl (C=O) groups is 1. The zero-order valence-corrected chi connectivity index (χ0v) is 12.1. The van der Waals surface area contributed by atoms with Crippen LogP contribution in [0, 0.1) is 6.92 Å². The van der Waals surface area contributed by atoms with E-state index in [0.717, 1.165) is 5.56 Å². The van der Waals surface area contributed by atoms with Crippen LogP contribution in [0.4, 0.5) is 13.2 Å². The third-order valence-electron chi connectivity index (χ3n) is 2.97. The highest BCUT2D eigenvalue weighted by Crippen LogP contribution is 2.34. The van der Waals surface area contributed by atoms with Gasteiger partial charge in [0.05, 0.1) is 0 Å². The van der Waals surface area contributed by atoms with Crippen LogP contribution >= 0.6 is 11.8 Å². The average Bonchev–Trinajstić information content (AvgIpc) is 2.45. The molecule has 5 heteroatoms. The molecule has 0 saturated carbocycles. The molecule has 0 aromatic heterocycles. The maximum absolute atomic E-state index is 12.4. The molecule has 1 nitrogen and oxygen atoms in total. The predicted octanol–water partition coefficient (Wildman–Crippen LogP) is 4.98. The van der Waals surface area contributed by atoms with Gasteiger partial charge in [-0.25, -0.2) is 0 Å². The van der Waals surface area contributed by atoms with Crippen molar-refractivity contribution in [1.29, 1.82) is 0 Å². The zero-order valence-electron chi connectivity index (χ0n) is 11.3. The van der Waals surface area contributed by atoms with E-state index in [2.05, 4.69) is 0 Å². The van der Waals surface area contributed by atoms with Gasteiger partial charge in [0.25, 0.3) is 0 Å².